The topological polar surface area (TPSA) is 90.9 Å². The van der Waals surface area contributed by atoms with Gasteiger partial charge in [0.25, 0.3) is 0 Å². The van der Waals surface area contributed by atoms with Crippen molar-refractivity contribution in [3.63, 3.8) is 0 Å². The van der Waals surface area contributed by atoms with Crippen LogP contribution in [0.2, 0.25) is 0 Å². The number of anilines is 2. The number of hydrogen-bond acceptors (Lipinski definition) is 7. The number of amides is 2. The molecule has 0 aromatic carbocycles. The lowest BCUT2D eigenvalue weighted by Crippen LogP contribution is -2.52. The summed E-state index contributed by atoms with van der Waals surface area (Å²) in [6, 6.07) is 2.03. The molecule has 9 heteroatoms. The van der Waals surface area contributed by atoms with Crippen LogP contribution < -0.4 is 15.1 Å². The van der Waals surface area contributed by atoms with Gasteiger partial charge < -0.3 is 24.8 Å². The van der Waals surface area contributed by atoms with Crippen LogP contribution in [0.15, 0.2) is 12.4 Å². The fourth-order valence-electron chi connectivity index (χ4n) is 3.83. The first-order chi connectivity index (χ1) is 13.2. The molecule has 1 aromatic rings. The highest BCUT2D eigenvalue weighted by molar-refractivity contribution is 5.84. The van der Waals surface area contributed by atoms with Gasteiger partial charge in [-0.25, -0.2) is 9.97 Å². The summed E-state index contributed by atoms with van der Waals surface area (Å²) in [5, 5.41) is 2.80. The second kappa shape index (κ2) is 8.08. The minimum absolute atomic E-state index is 0.0451. The van der Waals surface area contributed by atoms with Crippen LogP contribution in [0, 0.1) is 5.92 Å². The Labute approximate surface area is 158 Å². The molecular weight excluding hydrogens is 348 g/mol. The Kier molecular flexibility index (Phi) is 5.38. The number of rotatable bonds is 3. The van der Waals surface area contributed by atoms with Crippen LogP contribution in [-0.2, 0) is 14.3 Å². The van der Waals surface area contributed by atoms with Crippen LogP contribution in [0.4, 0.5) is 11.6 Å². The summed E-state index contributed by atoms with van der Waals surface area (Å²) in [4.78, 5) is 39.1. The zero-order valence-electron chi connectivity index (χ0n) is 15.5. The monoisotopic (exact) mass is 374 g/mol. The van der Waals surface area contributed by atoms with Gasteiger partial charge in [-0.1, -0.05) is 0 Å². The minimum atomic E-state index is -0.0822. The largest absolute Gasteiger partial charge is 0.378 e. The predicted octanol–water partition coefficient (Wildman–Crippen LogP) is -0.512. The van der Waals surface area contributed by atoms with E-state index in [1.807, 2.05) is 11.0 Å². The van der Waals surface area contributed by atoms with E-state index < -0.39 is 0 Å². The Morgan fingerprint density at radius 2 is 1.70 bits per heavy atom. The smallest absolute Gasteiger partial charge is 0.227 e. The number of aromatic nitrogens is 2. The molecule has 3 aliphatic rings. The van der Waals surface area contributed by atoms with Crippen LogP contribution in [-0.4, -0.2) is 85.7 Å². The first-order valence-electron chi connectivity index (χ1n) is 9.66. The van der Waals surface area contributed by atoms with Crippen molar-refractivity contribution in [3.05, 3.63) is 12.4 Å². The SMILES string of the molecule is O=C1CCC(C(=O)N2CCN(c3cc(N4CCOCC4)ncn3)CC2)CN1. The van der Waals surface area contributed by atoms with Gasteiger partial charge in [0.1, 0.15) is 18.0 Å². The molecule has 1 N–H and O–H groups in total. The van der Waals surface area contributed by atoms with Gasteiger partial charge in [0, 0.05) is 58.3 Å². The van der Waals surface area contributed by atoms with E-state index in [1.54, 1.807) is 6.33 Å². The quantitative estimate of drug-likeness (QED) is 0.762. The van der Waals surface area contributed by atoms with E-state index in [4.69, 9.17) is 4.74 Å². The lowest BCUT2D eigenvalue weighted by atomic mass is 9.97. The summed E-state index contributed by atoms with van der Waals surface area (Å²) >= 11 is 0. The maximum absolute atomic E-state index is 12.7. The van der Waals surface area contributed by atoms with E-state index >= 15 is 0 Å². The number of ether oxygens (including phenoxy) is 1. The Bertz CT molecular complexity index is 675. The van der Waals surface area contributed by atoms with Gasteiger partial charge in [0.2, 0.25) is 11.8 Å². The van der Waals surface area contributed by atoms with Crippen molar-refractivity contribution in [2.24, 2.45) is 5.92 Å². The number of nitrogens with one attached hydrogen (secondary N) is 1. The highest BCUT2D eigenvalue weighted by Crippen LogP contribution is 2.21. The van der Waals surface area contributed by atoms with Crippen molar-refractivity contribution in [1.29, 1.82) is 0 Å². The van der Waals surface area contributed by atoms with Gasteiger partial charge in [0.05, 0.1) is 19.1 Å². The highest BCUT2D eigenvalue weighted by atomic mass is 16.5. The zero-order valence-corrected chi connectivity index (χ0v) is 15.5. The molecule has 0 radical (unpaired) electrons. The molecule has 0 spiro atoms. The molecule has 3 aliphatic heterocycles. The van der Waals surface area contributed by atoms with E-state index in [2.05, 4.69) is 25.1 Å². The fraction of sp³-hybridized carbons (Fsp3) is 0.667. The molecule has 4 rings (SSSR count). The van der Waals surface area contributed by atoms with Gasteiger partial charge in [-0.3, -0.25) is 9.59 Å². The van der Waals surface area contributed by atoms with Gasteiger partial charge in [0.15, 0.2) is 0 Å². The number of nitrogens with zero attached hydrogens (tertiary/aromatic N) is 5. The molecule has 146 valence electrons. The lowest BCUT2D eigenvalue weighted by Gasteiger charge is -2.38. The summed E-state index contributed by atoms with van der Waals surface area (Å²) in [5.41, 5.74) is 0. The number of carbonyl (C=O) groups excluding carboxylic acids is 2. The Morgan fingerprint density at radius 3 is 2.33 bits per heavy atom. The Morgan fingerprint density at radius 1 is 1.04 bits per heavy atom. The van der Waals surface area contributed by atoms with Crippen LogP contribution in [0.1, 0.15) is 12.8 Å². The lowest BCUT2D eigenvalue weighted by molar-refractivity contribution is -0.137. The van der Waals surface area contributed by atoms with E-state index in [0.717, 1.165) is 51.0 Å². The third-order valence-electron chi connectivity index (χ3n) is 5.50. The molecule has 1 aromatic heterocycles. The highest BCUT2D eigenvalue weighted by Gasteiger charge is 2.30. The standard InChI is InChI=1S/C18H26N6O3/c25-17-2-1-14(12-19-17)18(26)24-5-3-22(4-6-24)15-11-16(21-13-20-15)23-7-9-27-10-8-23/h11,13-14H,1-10,12H2,(H,19,25). The van der Waals surface area contributed by atoms with Crippen molar-refractivity contribution < 1.29 is 14.3 Å². The van der Waals surface area contributed by atoms with E-state index in [0.29, 0.717) is 32.5 Å². The normalized spacial score (nSPS) is 23.9. The van der Waals surface area contributed by atoms with Crippen LogP contribution in [0.5, 0.6) is 0 Å². The Hall–Kier alpha value is -2.42. The number of hydrogen-bond donors (Lipinski definition) is 1. The average molecular weight is 374 g/mol. The molecule has 3 fully saturated rings. The van der Waals surface area contributed by atoms with E-state index in [-0.39, 0.29) is 17.7 Å². The van der Waals surface area contributed by atoms with Gasteiger partial charge in [-0.15, -0.1) is 0 Å². The summed E-state index contributed by atoms with van der Waals surface area (Å²) in [5.74, 6) is 1.96. The summed E-state index contributed by atoms with van der Waals surface area (Å²) < 4.78 is 5.40. The summed E-state index contributed by atoms with van der Waals surface area (Å²) in [6.07, 6.45) is 2.71. The second-order valence-corrected chi connectivity index (χ2v) is 7.19. The first kappa shape index (κ1) is 18.0. The Balaban J connectivity index is 1.33. The first-order valence-corrected chi connectivity index (χ1v) is 9.66. The van der Waals surface area contributed by atoms with Crippen molar-refractivity contribution in [1.82, 2.24) is 20.2 Å². The maximum atomic E-state index is 12.7. The number of piperazine rings is 1. The minimum Gasteiger partial charge on any atom is -0.378 e. The molecule has 2 amide bonds. The van der Waals surface area contributed by atoms with Crippen molar-refractivity contribution >= 4 is 23.5 Å². The maximum Gasteiger partial charge on any atom is 0.227 e. The van der Waals surface area contributed by atoms with Crippen molar-refractivity contribution in [2.45, 2.75) is 12.8 Å². The number of morpholine rings is 1. The van der Waals surface area contributed by atoms with Crippen LogP contribution in [0.3, 0.4) is 0 Å². The average Bonchev–Trinajstić information content (AvgIpc) is 2.75. The third-order valence-corrected chi connectivity index (χ3v) is 5.50. The molecule has 0 bridgehead atoms. The van der Waals surface area contributed by atoms with Gasteiger partial charge >= 0.3 is 0 Å². The molecule has 4 heterocycles. The molecule has 27 heavy (non-hydrogen) atoms. The summed E-state index contributed by atoms with van der Waals surface area (Å²) in [6.45, 7) is 6.47. The molecular formula is C18H26N6O3. The molecule has 1 unspecified atom stereocenters. The van der Waals surface area contributed by atoms with Crippen molar-refractivity contribution in [3.8, 4) is 0 Å². The fourth-order valence-corrected chi connectivity index (χ4v) is 3.83. The van der Waals surface area contributed by atoms with Crippen LogP contribution >= 0.6 is 0 Å². The predicted molar refractivity (Wildman–Crippen MR) is 99.6 cm³/mol. The molecule has 3 saturated heterocycles. The van der Waals surface area contributed by atoms with Crippen molar-refractivity contribution in [2.75, 3.05) is 68.8 Å². The molecule has 0 saturated carbocycles. The van der Waals surface area contributed by atoms with Gasteiger partial charge in [-0.05, 0) is 6.42 Å². The molecule has 9 nitrogen and oxygen atoms in total. The second-order valence-electron chi connectivity index (χ2n) is 7.19. The summed E-state index contributed by atoms with van der Waals surface area (Å²) in [7, 11) is 0. The van der Waals surface area contributed by atoms with E-state index in [9.17, 15) is 9.59 Å². The molecule has 1 atom stereocenters. The number of piperidine rings is 1. The number of carbonyl (C=O) groups is 2. The zero-order chi connectivity index (χ0) is 18.6. The van der Waals surface area contributed by atoms with E-state index in [1.165, 1.54) is 0 Å². The third kappa shape index (κ3) is 4.13. The van der Waals surface area contributed by atoms with Crippen LogP contribution in [0.25, 0.3) is 0 Å². The molecule has 0 aliphatic carbocycles. The van der Waals surface area contributed by atoms with Gasteiger partial charge in [-0.2, -0.15) is 0 Å².